The maximum atomic E-state index is 11.4. The summed E-state index contributed by atoms with van der Waals surface area (Å²) in [6, 6.07) is 7.89. The summed E-state index contributed by atoms with van der Waals surface area (Å²) in [6.45, 7) is 0. The second kappa shape index (κ2) is 5.25. The molecule has 0 unspecified atom stereocenters. The predicted molar refractivity (Wildman–Crippen MR) is 73.0 cm³/mol. The molecule has 1 saturated carbocycles. The standard InChI is InChI=1S/C13H15IO3/c1-16-12(15)9-13(6-3-7-13)17-11-5-2-4-10(14)8-11/h2,4-5,8H,3,6-7,9H2,1H3. The number of esters is 1. The van der Waals surface area contributed by atoms with E-state index in [1.807, 2.05) is 24.3 Å². The average molecular weight is 346 g/mol. The third-order valence-electron chi connectivity index (χ3n) is 3.09. The van der Waals surface area contributed by atoms with Gasteiger partial charge in [-0.25, -0.2) is 0 Å². The highest BCUT2D eigenvalue weighted by Gasteiger charge is 2.41. The number of carbonyl (C=O) groups excluding carboxylic acids is 1. The van der Waals surface area contributed by atoms with Gasteiger partial charge in [-0.2, -0.15) is 0 Å². The number of rotatable bonds is 4. The SMILES string of the molecule is COC(=O)CC1(Oc2cccc(I)c2)CCC1. The zero-order valence-corrected chi connectivity index (χ0v) is 11.9. The maximum Gasteiger partial charge on any atom is 0.309 e. The molecule has 0 saturated heterocycles. The molecule has 1 aromatic rings. The van der Waals surface area contributed by atoms with E-state index in [-0.39, 0.29) is 11.6 Å². The Balaban J connectivity index is 2.06. The van der Waals surface area contributed by atoms with Gasteiger partial charge in [0, 0.05) is 3.57 Å². The average Bonchev–Trinajstić information content (AvgIpc) is 2.26. The largest absolute Gasteiger partial charge is 0.487 e. The number of hydrogen-bond acceptors (Lipinski definition) is 3. The van der Waals surface area contributed by atoms with E-state index in [1.165, 1.54) is 7.11 Å². The molecule has 0 N–H and O–H groups in total. The Kier molecular flexibility index (Phi) is 3.91. The van der Waals surface area contributed by atoms with Crippen LogP contribution < -0.4 is 4.74 Å². The van der Waals surface area contributed by atoms with Gasteiger partial charge in [0.05, 0.1) is 13.5 Å². The van der Waals surface area contributed by atoms with Gasteiger partial charge in [-0.05, 0) is 60.1 Å². The fourth-order valence-corrected chi connectivity index (χ4v) is 2.52. The maximum absolute atomic E-state index is 11.4. The minimum Gasteiger partial charge on any atom is -0.487 e. The predicted octanol–water partition coefficient (Wildman–Crippen LogP) is 3.16. The zero-order valence-electron chi connectivity index (χ0n) is 9.74. The molecule has 0 atom stereocenters. The first-order chi connectivity index (χ1) is 8.13. The Labute approximate surface area is 115 Å². The molecule has 0 aromatic heterocycles. The molecular weight excluding hydrogens is 331 g/mol. The second-order valence-corrected chi connectivity index (χ2v) is 5.59. The van der Waals surface area contributed by atoms with Gasteiger partial charge in [0.2, 0.25) is 0 Å². The summed E-state index contributed by atoms with van der Waals surface area (Å²) in [5, 5.41) is 0. The number of hydrogen-bond donors (Lipinski definition) is 0. The minimum atomic E-state index is -0.336. The quantitative estimate of drug-likeness (QED) is 0.621. The summed E-state index contributed by atoms with van der Waals surface area (Å²) in [5.74, 6) is 0.635. The Morgan fingerprint density at radius 3 is 2.76 bits per heavy atom. The highest BCUT2D eigenvalue weighted by atomic mass is 127. The molecule has 1 aliphatic rings. The Morgan fingerprint density at radius 2 is 2.24 bits per heavy atom. The normalized spacial score (nSPS) is 17.1. The molecule has 3 nitrogen and oxygen atoms in total. The molecule has 92 valence electrons. The first kappa shape index (κ1) is 12.7. The Hall–Kier alpha value is -0.780. The molecule has 0 spiro atoms. The van der Waals surface area contributed by atoms with E-state index in [0.29, 0.717) is 6.42 Å². The van der Waals surface area contributed by atoms with Gasteiger partial charge in [-0.1, -0.05) is 6.07 Å². The molecule has 4 heteroatoms. The van der Waals surface area contributed by atoms with Crippen LogP contribution in [0.5, 0.6) is 5.75 Å². The first-order valence-electron chi connectivity index (χ1n) is 5.65. The summed E-state index contributed by atoms with van der Waals surface area (Å²) >= 11 is 2.25. The summed E-state index contributed by atoms with van der Waals surface area (Å²) < 4.78 is 11.8. The summed E-state index contributed by atoms with van der Waals surface area (Å²) in [4.78, 5) is 11.4. The molecule has 0 heterocycles. The Morgan fingerprint density at radius 1 is 1.47 bits per heavy atom. The van der Waals surface area contributed by atoms with Crippen LogP contribution in [0.3, 0.4) is 0 Å². The lowest BCUT2D eigenvalue weighted by atomic mass is 9.77. The number of halogens is 1. The van der Waals surface area contributed by atoms with Gasteiger partial charge in [0.15, 0.2) is 0 Å². The van der Waals surface area contributed by atoms with Crippen molar-refractivity contribution in [2.45, 2.75) is 31.3 Å². The summed E-state index contributed by atoms with van der Waals surface area (Å²) in [6.07, 6.45) is 3.30. The summed E-state index contributed by atoms with van der Waals surface area (Å²) in [5.41, 5.74) is -0.336. The third kappa shape index (κ3) is 3.12. The lowest BCUT2D eigenvalue weighted by Gasteiger charge is -2.41. The van der Waals surface area contributed by atoms with Crippen molar-refractivity contribution in [3.63, 3.8) is 0 Å². The van der Waals surface area contributed by atoms with Crippen LogP contribution in [-0.2, 0) is 9.53 Å². The monoisotopic (exact) mass is 346 g/mol. The van der Waals surface area contributed by atoms with E-state index >= 15 is 0 Å². The van der Waals surface area contributed by atoms with Gasteiger partial charge >= 0.3 is 5.97 Å². The van der Waals surface area contributed by atoms with Crippen molar-refractivity contribution in [3.05, 3.63) is 27.8 Å². The van der Waals surface area contributed by atoms with Crippen molar-refractivity contribution in [2.75, 3.05) is 7.11 Å². The zero-order chi connectivity index (χ0) is 12.3. The van der Waals surface area contributed by atoms with Crippen molar-refractivity contribution < 1.29 is 14.3 Å². The molecule has 0 aliphatic heterocycles. The molecule has 0 radical (unpaired) electrons. The van der Waals surface area contributed by atoms with Crippen molar-refractivity contribution in [1.29, 1.82) is 0 Å². The minimum absolute atomic E-state index is 0.199. The molecule has 0 amide bonds. The van der Waals surface area contributed by atoms with Crippen LogP contribution in [0.4, 0.5) is 0 Å². The van der Waals surface area contributed by atoms with E-state index < -0.39 is 0 Å². The first-order valence-corrected chi connectivity index (χ1v) is 6.73. The van der Waals surface area contributed by atoms with Gasteiger partial charge in [0.25, 0.3) is 0 Å². The topological polar surface area (TPSA) is 35.5 Å². The van der Waals surface area contributed by atoms with Crippen molar-refractivity contribution >= 4 is 28.6 Å². The Bertz CT molecular complexity index is 413. The number of carbonyl (C=O) groups is 1. The van der Waals surface area contributed by atoms with Gasteiger partial charge in [-0.15, -0.1) is 0 Å². The van der Waals surface area contributed by atoms with E-state index in [0.717, 1.165) is 28.6 Å². The number of ether oxygens (including phenoxy) is 2. The fraction of sp³-hybridized carbons (Fsp3) is 0.462. The highest BCUT2D eigenvalue weighted by molar-refractivity contribution is 14.1. The summed E-state index contributed by atoms with van der Waals surface area (Å²) in [7, 11) is 1.42. The second-order valence-electron chi connectivity index (χ2n) is 4.35. The van der Waals surface area contributed by atoms with E-state index in [4.69, 9.17) is 9.47 Å². The third-order valence-corrected chi connectivity index (χ3v) is 3.76. The highest BCUT2D eigenvalue weighted by Crippen LogP contribution is 2.39. The van der Waals surface area contributed by atoms with Crippen LogP contribution in [0, 0.1) is 3.57 Å². The lowest BCUT2D eigenvalue weighted by molar-refractivity contribution is -0.148. The van der Waals surface area contributed by atoms with Crippen molar-refractivity contribution in [2.24, 2.45) is 0 Å². The van der Waals surface area contributed by atoms with Crippen LogP contribution in [-0.4, -0.2) is 18.7 Å². The molecule has 1 aromatic carbocycles. The van der Waals surface area contributed by atoms with Crippen LogP contribution in [0.15, 0.2) is 24.3 Å². The number of benzene rings is 1. The smallest absolute Gasteiger partial charge is 0.309 e. The van der Waals surface area contributed by atoms with Crippen molar-refractivity contribution in [1.82, 2.24) is 0 Å². The molecule has 0 bridgehead atoms. The lowest BCUT2D eigenvalue weighted by Crippen LogP contribution is -2.45. The van der Waals surface area contributed by atoms with Gasteiger partial charge in [0.1, 0.15) is 11.4 Å². The van der Waals surface area contributed by atoms with Gasteiger partial charge < -0.3 is 9.47 Å². The van der Waals surface area contributed by atoms with Gasteiger partial charge in [-0.3, -0.25) is 4.79 Å². The molecule has 2 rings (SSSR count). The van der Waals surface area contributed by atoms with Crippen LogP contribution in [0.2, 0.25) is 0 Å². The number of methoxy groups -OCH3 is 1. The van der Waals surface area contributed by atoms with Crippen molar-refractivity contribution in [3.8, 4) is 5.75 Å². The molecule has 1 aliphatic carbocycles. The van der Waals surface area contributed by atoms with E-state index in [1.54, 1.807) is 0 Å². The molecular formula is C13H15IO3. The fourth-order valence-electron chi connectivity index (χ4n) is 2.00. The molecule has 1 fully saturated rings. The van der Waals surface area contributed by atoms with E-state index in [2.05, 4.69) is 22.6 Å². The molecule has 17 heavy (non-hydrogen) atoms. The van der Waals surface area contributed by atoms with Crippen LogP contribution in [0.25, 0.3) is 0 Å². The van der Waals surface area contributed by atoms with Crippen LogP contribution >= 0.6 is 22.6 Å². The van der Waals surface area contributed by atoms with Crippen LogP contribution in [0.1, 0.15) is 25.7 Å². The van der Waals surface area contributed by atoms with E-state index in [9.17, 15) is 4.79 Å².